The molecule has 0 heterocycles. The van der Waals surface area contributed by atoms with E-state index in [2.05, 4.69) is 19.2 Å². The first-order chi connectivity index (χ1) is 10.5. The number of ether oxygens (including phenoxy) is 1. The van der Waals surface area contributed by atoms with Crippen molar-refractivity contribution in [1.29, 1.82) is 0 Å². The highest BCUT2D eigenvalue weighted by atomic mass is 16.5. The van der Waals surface area contributed by atoms with E-state index in [1.54, 1.807) is 24.3 Å². The van der Waals surface area contributed by atoms with Gasteiger partial charge in [-0.2, -0.15) is 0 Å². The van der Waals surface area contributed by atoms with Crippen molar-refractivity contribution in [3.8, 4) is 5.75 Å². The van der Waals surface area contributed by atoms with Crippen LogP contribution in [0.25, 0.3) is 0 Å². The maximum atomic E-state index is 11.6. The summed E-state index contributed by atoms with van der Waals surface area (Å²) in [5.41, 5.74) is 0.674. The van der Waals surface area contributed by atoms with Crippen molar-refractivity contribution < 1.29 is 14.3 Å². The second kappa shape index (κ2) is 9.98. The molecule has 0 aromatic heterocycles. The van der Waals surface area contributed by atoms with Gasteiger partial charge in [0.15, 0.2) is 5.78 Å². The molecule has 0 aliphatic heterocycles. The average Bonchev–Trinajstić information content (AvgIpc) is 2.48. The Morgan fingerprint density at radius 2 is 1.82 bits per heavy atom. The molecule has 0 aliphatic rings. The number of amides is 1. The summed E-state index contributed by atoms with van der Waals surface area (Å²) in [6.07, 6.45) is 3.33. The lowest BCUT2D eigenvalue weighted by molar-refractivity contribution is -0.121. The molecule has 122 valence electrons. The predicted molar refractivity (Wildman–Crippen MR) is 88.3 cm³/mol. The molecule has 1 amide bonds. The molecule has 0 saturated heterocycles. The first-order valence-electron chi connectivity index (χ1n) is 7.99. The van der Waals surface area contributed by atoms with Gasteiger partial charge in [0.2, 0.25) is 5.91 Å². The molecule has 0 radical (unpaired) electrons. The molecule has 4 nitrogen and oxygen atoms in total. The number of Topliss-reactive ketones (excluding diaryl/α,β-unsaturated/α-hetero) is 1. The smallest absolute Gasteiger partial charge is 0.220 e. The van der Waals surface area contributed by atoms with Crippen molar-refractivity contribution in [2.45, 2.75) is 46.5 Å². The summed E-state index contributed by atoms with van der Waals surface area (Å²) < 4.78 is 5.56. The number of nitrogens with one attached hydrogen (secondary N) is 1. The van der Waals surface area contributed by atoms with Gasteiger partial charge >= 0.3 is 0 Å². The summed E-state index contributed by atoms with van der Waals surface area (Å²) in [7, 11) is 0. The molecule has 0 unspecified atom stereocenters. The first kappa shape index (κ1) is 18.2. The van der Waals surface area contributed by atoms with Crippen molar-refractivity contribution in [2.24, 2.45) is 5.92 Å². The van der Waals surface area contributed by atoms with Crippen LogP contribution in [-0.4, -0.2) is 24.8 Å². The van der Waals surface area contributed by atoms with Gasteiger partial charge in [-0.15, -0.1) is 0 Å². The van der Waals surface area contributed by atoms with Crippen LogP contribution >= 0.6 is 0 Å². The van der Waals surface area contributed by atoms with Crippen LogP contribution in [0.5, 0.6) is 5.75 Å². The summed E-state index contributed by atoms with van der Waals surface area (Å²) in [4.78, 5) is 22.8. The number of hydrogen-bond acceptors (Lipinski definition) is 3. The van der Waals surface area contributed by atoms with Crippen molar-refractivity contribution in [2.75, 3.05) is 13.2 Å². The van der Waals surface area contributed by atoms with Crippen LogP contribution in [0.15, 0.2) is 24.3 Å². The predicted octanol–water partition coefficient (Wildman–Crippen LogP) is 3.60. The molecule has 1 N–H and O–H groups in total. The van der Waals surface area contributed by atoms with Crippen LogP contribution in [0.1, 0.15) is 56.8 Å². The van der Waals surface area contributed by atoms with E-state index in [1.165, 1.54) is 6.92 Å². The fourth-order valence-corrected chi connectivity index (χ4v) is 2.04. The summed E-state index contributed by atoms with van der Waals surface area (Å²) in [6.45, 7) is 7.16. The largest absolute Gasteiger partial charge is 0.494 e. The molecule has 22 heavy (non-hydrogen) atoms. The van der Waals surface area contributed by atoms with Crippen LogP contribution in [0, 0.1) is 5.92 Å². The minimum Gasteiger partial charge on any atom is -0.494 e. The summed E-state index contributed by atoms with van der Waals surface area (Å²) in [5, 5.41) is 2.92. The van der Waals surface area contributed by atoms with Crippen LogP contribution in [0.4, 0.5) is 0 Å². The van der Waals surface area contributed by atoms with Gasteiger partial charge in [0.05, 0.1) is 6.61 Å². The van der Waals surface area contributed by atoms with E-state index in [0.29, 0.717) is 30.9 Å². The topological polar surface area (TPSA) is 55.4 Å². The molecule has 0 aliphatic carbocycles. The van der Waals surface area contributed by atoms with E-state index in [1.807, 2.05) is 0 Å². The van der Waals surface area contributed by atoms with Crippen molar-refractivity contribution >= 4 is 11.7 Å². The van der Waals surface area contributed by atoms with Crippen molar-refractivity contribution in [3.05, 3.63) is 29.8 Å². The Labute approximate surface area is 133 Å². The lowest BCUT2D eigenvalue weighted by Gasteiger charge is -2.08. The Morgan fingerprint density at radius 1 is 1.14 bits per heavy atom. The van der Waals surface area contributed by atoms with Crippen molar-refractivity contribution in [1.82, 2.24) is 5.32 Å². The SMILES string of the molecule is CC(=O)c1ccc(OCCCC(=O)NCCCC(C)C)cc1. The van der Waals surface area contributed by atoms with Gasteiger partial charge in [-0.1, -0.05) is 13.8 Å². The molecule has 1 aromatic rings. The van der Waals surface area contributed by atoms with Crippen LogP contribution in [-0.2, 0) is 4.79 Å². The number of ketones is 1. The second-order valence-electron chi connectivity index (χ2n) is 5.92. The summed E-state index contributed by atoms with van der Waals surface area (Å²) in [6, 6.07) is 7.06. The highest BCUT2D eigenvalue weighted by Crippen LogP contribution is 2.13. The Morgan fingerprint density at radius 3 is 2.41 bits per heavy atom. The molecule has 1 rings (SSSR count). The molecular formula is C18H27NO3. The number of carbonyl (C=O) groups is 2. The van der Waals surface area contributed by atoms with Crippen LogP contribution in [0.3, 0.4) is 0 Å². The minimum absolute atomic E-state index is 0.0423. The third kappa shape index (κ3) is 7.81. The highest BCUT2D eigenvalue weighted by molar-refractivity contribution is 5.94. The second-order valence-corrected chi connectivity index (χ2v) is 5.92. The Bertz CT molecular complexity index is 466. The van der Waals surface area contributed by atoms with E-state index in [-0.39, 0.29) is 11.7 Å². The summed E-state index contributed by atoms with van der Waals surface area (Å²) >= 11 is 0. The number of benzene rings is 1. The quantitative estimate of drug-likeness (QED) is 0.531. The summed E-state index contributed by atoms with van der Waals surface area (Å²) in [5.74, 6) is 1.53. The van der Waals surface area contributed by atoms with Gasteiger partial charge < -0.3 is 10.1 Å². The molecule has 0 spiro atoms. The molecule has 0 atom stereocenters. The minimum atomic E-state index is 0.0423. The molecule has 1 aromatic carbocycles. The molecule has 0 saturated carbocycles. The molecule has 0 fully saturated rings. The zero-order valence-corrected chi connectivity index (χ0v) is 13.9. The average molecular weight is 305 g/mol. The van der Waals surface area contributed by atoms with Crippen molar-refractivity contribution in [3.63, 3.8) is 0 Å². The highest BCUT2D eigenvalue weighted by Gasteiger charge is 2.03. The normalized spacial score (nSPS) is 10.5. The van der Waals surface area contributed by atoms with Gasteiger partial charge in [-0.05, 0) is 56.4 Å². The maximum absolute atomic E-state index is 11.6. The van der Waals surface area contributed by atoms with Gasteiger partial charge in [-0.25, -0.2) is 0 Å². The van der Waals surface area contributed by atoms with E-state index >= 15 is 0 Å². The van der Waals surface area contributed by atoms with Gasteiger partial charge in [0.1, 0.15) is 5.75 Å². The monoisotopic (exact) mass is 305 g/mol. The van der Waals surface area contributed by atoms with E-state index in [4.69, 9.17) is 4.74 Å². The van der Waals surface area contributed by atoms with Crippen LogP contribution < -0.4 is 10.1 Å². The van der Waals surface area contributed by atoms with E-state index in [0.717, 1.165) is 25.1 Å². The molecule has 0 bridgehead atoms. The Kier molecular flexibility index (Phi) is 8.26. The van der Waals surface area contributed by atoms with Crippen LogP contribution in [0.2, 0.25) is 0 Å². The van der Waals surface area contributed by atoms with Gasteiger partial charge in [0, 0.05) is 18.5 Å². The standard InChI is InChI=1S/C18H27NO3/c1-14(2)6-4-12-19-18(21)7-5-13-22-17-10-8-16(9-11-17)15(3)20/h8-11,14H,4-7,12-13H2,1-3H3,(H,19,21). The third-order valence-corrected chi connectivity index (χ3v) is 3.36. The lowest BCUT2D eigenvalue weighted by atomic mass is 10.1. The fourth-order valence-electron chi connectivity index (χ4n) is 2.04. The zero-order valence-electron chi connectivity index (χ0n) is 13.9. The number of hydrogen-bond donors (Lipinski definition) is 1. The molecule has 4 heteroatoms. The van der Waals surface area contributed by atoms with Gasteiger partial charge in [-0.3, -0.25) is 9.59 Å². The Hall–Kier alpha value is -1.84. The fraction of sp³-hybridized carbons (Fsp3) is 0.556. The maximum Gasteiger partial charge on any atom is 0.220 e. The Balaban J connectivity index is 2.11. The first-order valence-corrected chi connectivity index (χ1v) is 7.99. The number of rotatable bonds is 10. The van der Waals surface area contributed by atoms with E-state index in [9.17, 15) is 9.59 Å². The van der Waals surface area contributed by atoms with E-state index < -0.39 is 0 Å². The van der Waals surface area contributed by atoms with Gasteiger partial charge in [0.25, 0.3) is 0 Å². The number of carbonyl (C=O) groups excluding carboxylic acids is 2. The molecular weight excluding hydrogens is 278 g/mol. The zero-order chi connectivity index (χ0) is 16.4. The third-order valence-electron chi connectivity index (χ3n) is 3.36. The lowest BCUT2D eigenvalue weighted by Crippen LogP contribution is -2.24.